The van der Waals surface area contributed by atoms with Crippen LogP contribution in [0.25, 0.3) is 11.1 Å². The number of rotatable bonds is 4. The van der Waals surface area contributed by atoms with Crippen molar-refractivity contribution >= 4 is 22.7 Å². The number of anilines is 1. The molecule has 0 saturated carbocycles. The van der Waals surface area contributed by atoms with Gasteiger partial charge in [-0.2, -0.15) is 5.10 Å². The maximum Gasteiger partial charge on any atom is 0.252 e. The fourth-order valence-corrected chi connectivity index (χ4v) is 3.75. The van der Waals surface area contributed by atoms with Crippen LogP contribution in [0.2, 0.25) is 0 Å². The van der Waals surface area contributed by atoms with Crippen LogP contribution in [0.4, 0.5) is 5.69 Å². The van der Waals surface area contributed by atoms with E-state index in [0.717, 1.165) is 42.2 Å². The fourth-order valence-electron chi connectivity index (χ4n) is 3.75. The first-order valence-corrected chi connectivity index (χ1v) is 9.78. The molecule has 28 heavy (non-hydrogen) atoms. The second kappa shape index (κ2) is 7.05. The largest absolute Gasteiger partial charge is 0.441 e. The highest BCUT2D eigenvalue weighted by Crippen LogP contribution is 2.30. The van der Waals surface area contributed by atoms with Gasteiger partial charge in [-0.3, -0.25) is 9.48 Å². The van der Waals surface area contributed by atoms with Gasteiger partial charge in [0.25, 0.3) is 5.91 Å². The molecule has 1 saturated heterocycles. The molecular formula is C21H27N5O2. The first-order chi connectivity index (χ1) is 13.4. The number of nitrogens with zero attached hydrogens (tertiary/aromatic N) is 3. The topological polar surface area (TPSA) is 85.0 Å². The van der Waals surface area contributed by atoms with Crippen molar-refractivity contribution < 1.29 is 9.21 Å². The molecule has 1 aromatic carbocycles. The van der Waals surface area contributed by atoms with Gasteiger partial charge >= 0.3 is 0 Å². The molecule has 1 aliphatic rings. The molecule has 1 amide bonds. The van der Waals surface area contributed by atoms with Crippen molar-refractivity contribution in [2.75, 3.05) is 18.4 Å². The standard InChI is InChI=1S/C21H27N5O2/c1-20(2,3)14-18-25-16-13-15(5-6-17(16)28-18)24-19(27)21(7-10-22-11-8-21)26-12-4-9-23-26/h4-6,9,12-13,22H,7-8,10-11,14H2,1-3H3,(H,24,27). The lowest BCUT2D eigenvalue weighted by molar-refractivity contribution is -0.126. The van der Waals surface area contributed by atoms with Crippen molar-refractivity contribution in [3.63, 3.8) is 0 Å². The smallest absolute Gasteiger partial charge is 0.252 e. The number of nitrogens with one attached hydrogen (secondary N) is 2. The van der Waals surface area contributed by atoms with Gasteiger partial charge in [0, 0.05) is 24.5 Å². The molecule has 4 rings (SSSR count). The zero-order valence-electron chi connectivity index (χ0n) is 16.7. The lowest BCUT2D eigenvalue weighted by Crippen LogP contribution is -2.52. The van der Waals surface area contributed by atoms with Gasteiger partial charge in [0.1, 0.15) is 11.1 Å². The summed E-state index contributed by atoms with van der Waals surface area (Å²) >= 11 is 0. The first-order valence-electron chi connectivity index (χ1n) is 9.78. The number of hydrogen-bond acceptors (Lipinski definition) is 5. The minimum Gasteiger partial charge on any atom is -0.441 e. The zero-order valence-corrected chi connectivity index (χ0v) is 16.7. The summed E-state index contributed by atoms with van der Waals surface area (Å²) in [5, 5.41) is 10.8. The molecule has 0 aliphatic carbocycles. The highest BCUT2D eigenvalue weighted by molar-refractivity contribution is 5.98. The molecule has 148 valence electrons. The average molecular weight is 381 g/mol. The Labute approximate surface area is 164 Å². The van der Waals surface area contributed by atoms with E-state index in [1.165, 1.54) is 0 Å². The predicted molar refractivity (Wildman–Crippen MR) is 108 cm³/mol. The molecule has 7 heteroatoms. The van der Waals surface area contributed by atoms with Crippen LogP contribution >= 0.6 is 0 Å². The second-order valence-electron chi connectivity index (χ2n) is 8.71. The summed E-state index contributed by atoms with van der Waals surface area (Å²) in [5.74, 6) is 0.674. The van der Waals surface area contributed by atoms with E-state index >= 15 is 0 Å². The third-order valence-electron chi connectivity index (χ3n) is 5.17. The van der Waals surface area contributed by atoms with Crippen molar-refractivity contribution in [1.82, 2.24) is 20.1 Å². The number of fused-ring (bicyclic) bond motifs is 1. The maximum atomic E-state index is 13.3. The fraction of sp³-hybridized carbons (Fsp3) is 0.476. The van der Waals surface area contributed by atoms with Gasteiger partial charge < -0.3 is 15.1 Å². The summed E-state index contributed by atoms with van der Waals surface area (Å²) in [5.41, 5.74) is 1.64. The average Bonchev–Trinajstić information content (AvgIpc) is 3.30. The number of carbonyl (C=O) groups excluding carboxylic acids is 1. The summed E-state index contributed by atoms with van der Waals surface area (Å²) in [6, 6.07) is 7.47. The molecule has 0 radical (unpaired) electrons. The predicted octanol–water partition coefficient (Wildman–Crippen LogP) is 3.33. The normalized spacial score (nSPS) is 17.0. The van der Waals surface area contributed by atoms with Gasteiger partial charge in [-0.15, -0.1) is 0 Å². The lowest BCUT2D eigenvalue weighted by atomic mass is 9.87. The summed E-state index contributed by atoms with van der Waals surface area (Å²) < 4.78 is 7.64. The monoisotopic (exact) mass is 381 g/mol. The van der Waals surface area contributed by atoms with Crippen molar-refractivity contribution in [2.24, 2.45) is 5.41 Å². The Balaban J connectivity index is 1.59. The van der Waals surface area contributed by atoms with Crippen LogP contribution in [0.1, 0.15) is 39.5 Å². The Kier molecular flexibility index (Phi) is 4.71. The Morgan fingerprint density at radius 2 is 2.11 bits per heavy atom. The van der Waals surface area contributed by atoms with Crippen LogP contribution in [0.5, 0.6) is 0 Å². The Morgan fingerprint density at radius 1 is 1.32 bits per heavy atom. The molecule has 0 bridgehead atoms. The summed E-state index contributed by atoms with van der Waals surface area (Å²) in [7, 11) is 0. The molecule has 0 unspecified atom stereocenters. The lowest BCUT2D eigenvalue weighted by Gasteiger charge is -2.36. The summed E-state index contributed by atoms with van der Waals surface area (Å²) in [6.07, 6.45) is 5.74. The summed E-state index contributed by atoms with van der Waals surface area (Å²) in [4.78, 5) is 17.9. The number of aromatic nitrogens is 3. The zero-order chi connectivity index (χ0) is 19.8. The Morgan fingerprint density at radius 3 is 2.79 bits per heavy atom. The van der Waals surface area contributed by atoms with E-state index in [9.17, 15) is 4.79 Å². The van der Waals surface area contributed by atoms with E-state index in [1.807, 2.05) is 30.5 Å². The van der Waals surface area contributed by atoms with Gasteiger partial charge in [0.15, 0.2) is 11.5 Å². The van der Waals surface area contributed by atoms with Gasteiger partial charge in [-0.25, -0.2) is 4.98 Å². The van der Waals surface area contributed by atoms with Gasteiger partial charge in [0.2, 0.25) is 0 Å². The third kappa shape index (κ3) is 3.67. The molecule has 1 fully saturated rings. The quantitative estimate of drug-likeness (QED) is 0.724. The summed E-state index contributed by atoms with van der Waals surface area (Å²) in [6.45, 7) is 8.03. The van der Waals surface area contributed by atoms with Crippen molar-refractivity contribution in [1.29, 1.82) is 0 Å². The van der Waals surface area contributed by atoms with Crippen LogP contribution in [0, 0.1) is 5.41 Å². The van der Waals surface area contributed by atoms with Crippen LogP contribution in [-0.2, 0) is 16.8 Å². The Hall–Kier alpha value is -2.67. The van der Waals surface area contributed by atoms with E-state index in [4.69, 9.17) is 4.42 Å². The van der Waals surface area contributed by atoms with Gasteiger partial charge in [-0.05, 0) is 55.6 Å². The molecule has 3 heterocycles. The van der Waals surface area contributed by atoms with Gasteiger partial charge in [-0.1, -0.05) is 20.8 Å². The van der Waals surface area contributed by atoms with E-state index in [0.29, 0.717) is 12.8 Å². The van der Waals surface area contributed by atoms with Crippen LogP contribution in [0.15, 0.2) is 41.1 Å². The van der Waals surface area contributed by atoms with E-state index in [-0.39, 0.29) is 11.3 Å². The molecule has 1 aliphatic heterocycles. The molecule has 7 nitrogen and oxygen atoms in total. The maximum absolute atomic E-state index is 13.3. The number of hydrogen-bond donors (Lipinski definition) is 2. The minimum atomic E-state index is -0.676. The second-order valence-corrected chi connectivity index (χ2v) is 8.71. The minimum absolute atomic E-state index is 0.0459. The molecular weight excluding hydrogens is 354 g/mol. The number of piperidine rings is 1. The van der Waals surface area contributed by atoms with E-state index in [1.54, 1.807) is 10.9 Å². The third-order valence-corrected chi connectivity index (χ3v) is 5.17. The highest BCUT2D eigenvalue weighted by Gasteiger charge is 2.42. The molecule has 0 atom stereocenters. The molecule has 2 N–H and O–H groups in total. The van der Waals surface area contributed by atoms with Crippen LogP contribution in [-0.4, -0.2) is 33.8 Å². The Bertz CT molecular complexity index is 963. The first kappa shape index (κ1) is 18.7. The van der Waals surface area contributed by atoms with Crippen molar-refractivity contribution in [3.8, 4) is 0 Å². The number of oxazole rings is 1. The molecule has 2 aromatic heterocycles. The van der Waals surface area contributed by atoms with Crippen molar-refractivity contribution in [2.45, 2.75) is 45.6 Å². The van der Waals surface area contributed by atoms with Gasteiger partial charge in [0.05, 0.1) is 0 Å². The van der Waals surface area contributed by atoms with Crippen LogP contribution < -0.4 is 10.6 Å². The molecule has 0 spiro atoms. The van der Waals surface area contributed by atoms with E-state index in [2.05, 4.69) is 41.5 Å². The van der Waals surface area contributed by atoms with Crippen LogP contribution in [0.3, 0.4) is 0 Å². The number of benzene rings is 1. The molecule has 3 aromatic rings. The number of carbonyl (C=O) groups is 1. The van der Waals surface area contributed by atoms with E-state index < -0.39 is 5.54 Å². The number of amides is 1. The SMILES string of the molecule is CC(C)(C)Cc1nc2cc(NC(=O)C3(n4cccn4)CCNCC3)ccc2o1. The highest BCUT2D eigenvalue weighted by atomic mass is 16.3. The van der Waals surface area contributed by atoms with Crippen molar-refractivity contribution in [3.05, 3.63) is 42.5 Å².